The lowest BCUT2D eigenvalue weighted by Gasteiger charge is -2.31. The number of esters is 1. The molecule has 2 aromatic rings. The standard InChI is InChI=1S/C27H37BrN4O3/c1-7-10-22(26(33)35-27(2,3)4)23(17-20-11-8-9-12-24(20)28)25-29-32(30-31(25)5)18-19-13-15-21(34-6)16-14-19/h8-9,11-16,22-23,30H,7,10,17-18H2,1-6H3/t22-,23-/m0/s1. The van der Waals surface area contributed by atoms with Gasteiger partial charge in [-0.3, -0.25) is 9.80 Å². The highest BCUT2D eigenvalue weighted by molar-refractivity contribution is 9.10. The Bertz CT molecular complexity index is 1020. The molecule has 2 atom stereocenters. The van der Waals surface area contributed by atoms with Crippen molar-refractivity contribution in [2.45, 2.75) is 59.1 Å². The van der Waals surface area contributed by atoms with E-state index in [2.05, 4.69) is 34.5 Å². The molecule has 35 heavy (non-hydrogen) atoms. The first-order valence-electron chi connectivity index (χ1n) is 12.1. The first-order chi connectivity index (χ1) is 16.6. The van der Waals surface area contributed by atoms with Crippen LogP contribution in [-0.4, -0.2) is 41.7 Å². The molecule has 1 N–H and O–H groups in total. The van der Waals surface area contributed by atoms with Gasteiger partial charge >= 0.3 is 5.97 Å². The molecule has 2 aromatic carbocycles. The third kappa shape index (κ3) is 7.45. The molecule has 7 nitrogen and oxygen atoms in total. The highest BCUT2D eigenvalue weighted by atomic mass is 79.9. The van der Waals surface area contributed by atoms with Gasteiger partial charge in [0.2, 0.25) is 0 Å². The van der Waals surface area contributed by atoms with Crippen molar-refractivity contribution in [3.8, 4) is 5.75 Å². The molecule has 0 saturated heterocycles. The summed E-state index contributed by atoms with van der Waals surface area (Å²) in [6.45, 7) is 8.40. The molecule has 3 rings (SSSR count). The number of hydrazone groups is 1. The second kappa shape index (κ2) is 11.9. The minimum Gasteiger partial charge on any atom is -0.497 e. The molecule has 0 amide bonds. The maximum atomic E-state index is 13.4. The first-order valence-corrected chi connectivity index (χ1v) is 12.9. The van der Waals surface area contributed by atoms with Gasteiger partial charge in [-0.2, -0.15) is 0 Å². The summed E-state index contributed by atoms with van der Waals surface area (Å²) < 4.78 is 12.2. The fourth-order valence-electron chi connectivity index (χ4n) is 4.22. The highest BCUT2D eigenvalue weighted by Crippen LogP contribution is 2.31. The number of rotatable bonds is 10. The number of amidine groups is 1. The Morgan fingerprint density at radius 1 is 1.14 bits per heavy atom. The summed E-state index contributed by atoms with van der Waals surface area (Å²) in [5.74, 6) is 0.967. The number of hydrazine groups is 2. The van der Waals surface area contributed by atoms with Crippen molar-refractivity contribution in [2.75, 3.05) is 14.2 Å². The fraction of sp³-hybridized carbons (Fsp3) is 0.481. The SMILES string of the molecule is CCC[C@H](C(=O)OC(C)(C)C)[C@H](Cc1ccccc1Br)C1=NN(Cc2ccc(OC)cc2)NN1C. The second-order valence-electron chi connectivity index (χ2n) is 9.85. The van der Waals surface area contributed by atoms with E-state index in [1.54, 1.807) is 7.11 Å². The third-order valence-electron chi connectivity index (χ3n) is 5.85. The number of hydrogen-bond acceptors (Lipinski definition) is 7. The first kappa shape index (κ1) is 27.0. The largest absolute Gasteiger partial charge is 0.497 e. The van der Waals surface area contributed by atoms with E-state index in [9.17, 15) is 4.79 Å². The number of methoxy groups -OCH3 is 1. The van der Waals surface area contributed by atoms with Gasteiger partial charge in [-0.1, -0.05) is 59.6 Å². The van der Waals surface area contributed by atoms with Crippen molar-refractivity contribution < 1.29 is 14.3 Å². The van der Waals surface area contributed by atoms with Gasteiger partial charge < -0.3 is 9.47 Å². The molecule has 1 aliphatic heterocycles. The van der Waals surface area contributed by atoms with Gasteiger partial charge in [0.05, 0.1) is 19.6 Å². The number of nitrogens with one attached hydrogen (secondary N) is 1. The van der Waals surface area contributed by atoms with Crippen molar-refractivity contribution in [3.63, 3.8) is 0 Å². The Labute approximate surface area is 217 Å². The molecule has 0 bridgehead atoms. The van der Waals surface area contributed by atoms with Gasteiger partial charge in [0.15, 0.2) is 0 Å². The number of carbonyl (C=O) groups excluding carboxylic acids is 1. The molecule has 0 fully saturated rings. The zero-order valence-corrected chi connectivity index (χ0v) is 23.1. The molecule has 1 heterocycles. The Morgan fingerprint density at radius 3 is 2.43 bits per heavy atom. The molecule has 0 unspecified atom stereocenters. The zero-order chi connectivity index (χ0) is 25.6. The number of nitrogens with zero attached hydrogens (tertiary/aromatic N) is 3. The van der Waals surface area contributed by atoms with Crippen molar-refractivity contribution in [3.05, 3.63) is 64.1 Å². The summed E-state index contributed by atoms with van der Waals surface area (Å²) in [5.41, 5.74) is 4.99. The molecule has 190 valence electrons. The monoisotopic (exact) mass is 544 g/mol. The van der Waals surface area contributed by atoms with Crippen LogP contribution in [0, 0.1) is 11.8 Å². The Kier molecular flexibility index (Phi) is 9.19. The quantitative estimate of drug-likeness (QED) is 0.395. The zero-order valence-electron chi connectivity index (χ0n) is 21.5. The minimum atomic E-state index is -0.553. The van der Waals surface area contributed by atoms with Crippen LogP contribution in [0.4, 0.5) is 0 Å². The number of halogens is 1. The molecular weight excluding hydrogens is 508 g/mol. The number of benzene rings is 2. The normalized spacial score (nSPS) is 15.6. The summed E-state index contributed by atoms with van der Waals surface area (Å²) in [5, 5.41) is 8.65. The van der Waals surface area contributed by atoms with Crippen LogP contribution in [-0.2, 0) is 22.5 Å². The summed E-state index contributed by atoms with van der Waals surface area (Å²) in [6, 6.07) is 16.1. The maximum Gasteiger partial charge on any atom is 0.310 e. The minimum absolute atomic E-state index is 0.165. The van der Waals surface area contributed by atoms with Crippen LogP contribution in [0.25, 0.3) is 0 Å². The number of ether oxygens (including phenoxy) is 2. The van der Waals surface area contributed by atoms with Crippen LogP contribution in [0.5, 0.6) is 5.75 Å². The van der Waals surface area contributed by atoms with Gasteiger partial charge in [-0.15, -0.1) is 10.6 Å². The van der Waals surface area contributed by atoms with E-state index in [-0.39, 0.29) is 17.8 Å². The summed E-state index contributed by atoms with van der Waals surface area (Å²) in [4.78, 5) is 13.4. The van der Waals surface area contributed by atoms with E-state index in [4.69, 9.17) is 14.6 Å². The van der Waals surface area contributed by atoms with Crippen molar-refractivity contribution in [1.82, 2.24) is 15.7 Å². The topological polar surface area (TPSA) is 66.4 Å². The second-order valence-corrected chi connectivity index (χ2v) is 10.7. The van der Waals surface area contributed by atoms with E-state index < -0.39 is 5.60 Å². The molecule has 8 heteroatoms. The van der Waals surface area contributed by atoms with Gasteiger partial charge in [0.1, 0.15) is 17.2 Å². The molecule has 0 aliphatic carbocycles. The summed E-state index contributed by atoms with van der Waals surface area (Å²) >= 11 is 3.68. The van der Waals surface area contributed by atoms with E-state index in [0.717, 1.165) is 40.0 Å². The average Bonchev–Trinajstić information content (AvgIpc) is 3.16. The van der Waals surface area contributed by atoms with Crippen LogP contribution in [0.15, 0.2) is 58.1 Å². The average molecular weight is 546 g/mol. The molecule has 0 radical (unpaired) electrons. The maximum absolute atomic E-state index is 13.4. The molecule has 0 aromatic heterocycles. The fourth-order valence-corrected chi connectivity index (χ4v) is 4.67. The Balaban J connectivity index is 1.93. The number of hydrogen-bond donors (Lipinski definition) is 1. The van der Waals surface area contributed by atoms with E-state index in [1.807, 2.05) is 80.4 Å². The van der Waals surface area contributed by atoms with Crippen molar-refractivity contribution in [1.29, 1.82) is 0 Å². The lowest BCUT2D eigenvalue weighted by molar-refractivity contribution is -0.161. The predicted molar refractivity (Wildman–Crippen MR) is 142 cm³/mol. The van der Waals surface area contributed by atoms with Gasteiger partial charge in [0, 0.05) is 17.4 Å². The molecule has 0 saturated carbocycles. The molecule has 1 aliphatic rings. The highest BCUT2D eigenvalue weighted by Gasteiger charge is 2.39. The van der Waals surface area contributed by atoms with E-state index in [0.29, 0.717) is 13.0 Å². The van der Waals surface area contributed by atoms with Crippen LogP contribution >= 0.6 is 15.9 Å². The van der Waals surface area contributed by atoms with Crippen LogP contribution in [0.2, 0.25) is 0 Å². The number of carbonyl (C=O) groups is 1. The van der Waals surface area contributed by atoms with Crippen LogP contribution < -0.4 is 10.3 Å². The van der Waals surface area contributed by atoms with Gasteiger partial charge in [-0.25, -0.2) is 5.12 Å². The van der Waals surface area contributed by atoms with Crippen LogP contribution in [0.1, 0.15) is 51.7 Å². The molecule has 0 spiro atoms. The Hall–Kier alpha value is -2.58. The Morgan fingerprint density at radius 2 is 1.83 bits per heavy atom. The summed E-state index contributed by atoms with van der Waals surface area (Å²) in [7, 11) is 3.60. The molecular formula is C27H37BrN4O3. The van der Waals surface area contributed by atoms with Gasteiger partial charge in [0.25, 0.3) is 0 Å². The smallest absolute Gasteiger partial charge is 0.310 e. The van der Waals surface area contributed by atoms with Crippen molar-refractivity contribution >= 4 is 27.7 Å². The lowest BCUT2D eigenvalue weighted by Crippen LogP contribution is -2.45. The van der Waals surface area contributed by atoms with Gasteiger partial charge in [-0.05, 0) is 62.9 Å². The van der Waals surface area contributed by atoms with E-state index in [1.165, 1.54) is 0 Å². The predicted octanol–water partition coefficient (Wildman–Crippen LogP) is 5.56. The third-order valence-corrected chi connectivity index (χ3v) is 6.62. The van der Waals surface area contributed by atoms with Crippen molar-refractivity contribution in [2.24, 2.45) is 16.9 Å². The lowest BCUT2D eigenvalue weighted by atomic mass is 9.82. The summed E-state index contributed by atoms with van der Waals surface area (Å²) in [6.07, 6.45) is 2.25. The van der Waals surface area contributed by atoms with E-state index >= 15 is 0 Å². The van der Waals surface area contributed by atoms with Crippen LogP contribution in [0.3, 0.4) is 0 Å².